The molecule has 1 aromatic carbocycles. The molecule has 0 spiro atoms. The van der Waals surface area contributed by atoms with Crippen LogP contribution in [0.5, 0.6) is 0 Å². The third-order valence-corrected chi connectivity index (χ3v) is 1.68. The first-order valence-corrected chi connectivity index (χ1v) is 3.99. The van der Waals surface area contributed by atoms with Crippen molar-refractivity contribution in [2.45, 2.75) is 25.9 Å². The van der Waals surface area contributed by atoms with E-state index in [1.807, 2.05) is 25.1 Å². The minimum Gasteiger partial charge on any atom is -0.393 e. The molecule has 1 atom stereocenters. The van der Waals surface area contributed by atoms with Crippen molar-refractivity contribution in [2.75, 3.05) is 0 Å². The van der Waals surface area contributed by atoms with Crippen LogP contribution in [0.4, 0.5) is 0 Å². The topological polar surface area (TPSA) is 20.2 Å². The molecule has 0 amide bonds. The van der Waals surface area contributed by atoms with Gasteiger partial charge in [-0.15, -0.1) is 0 Å². The Hall–Kier alpha value is -0.820. The van der Waals surface area contributed by atoms with E-state index < -0.39 is 0 Å². The molecule has 0 aliphatic rings. The van der Waals surface area contributed by atoms with E-state index in [0.29, 0.717) is 0 Å². The number of hydrogen-bond acceptors (Lipinski definition) is 1. The van der Waals surface area contributed by atoms with E-state index in [0.717, 1.165) is 12.8 Å². The second kappa shape index (κ2) is 4.14. The lowest BCUT2D eigenvalue weighted by Gasteiger charge is -2.02. The van der Waals surface area contributed by atoms with Crippen molar-refractivity contribution in [1.82, 2.24) is 0 Å². The van der Waals surface area contributed by atoms with Gasteiger partial charge in [0.2, 0.25) is 1.43 Å². The van der Waals surface area contributed by atoms with Gasteiger partial charge in [-0.05, 0) is 25.3 Å². The minimum atomic E-state index is 0.0326. The molecule has 60 valence electrons. The van der Waals surface area contributed by atoms with E-state index in [-0.39, 0.29) is 6.10 Å². The van der Waals surface area contributed by atoms with Gasteiger partial charge in [0.15, 0.2) is 0 Å². The summed E-state index contributed by atoms with van der Waals surface area (Å²) in [5, 5.41) is 4.42. The van der Waals surface area contributed by atoms with Crippen LogP contribution in [0.1, 0.15) is 18.9 Å². The molecule has 1 rings (SSSR count). The Bertz CT molecular complexity index is 210. The zero-order valence-electron chi connectivity index (χ0n) is 7.79. The number of hydrogen-bond donors (Lipinski definition) is 1. The predicted molar refractivity (Wildman–Crippen MR) is 46.4 cm³/mol. The van der Waals surface area contributed by atoms with Crippen LogP contribution in [0.15, 0.2) is 30.3 Å². The average Bonchev–Trinajstić information content (AvgIpc) is 2.16. The first-order chi connectivity index (χ1) is 5.83. The van der Waals surface area contributed by atoms with Gasteiger partial charge in [0.25, 0.3) is 0 Å². The zero-order chi connectivity index (χ0) is 8.81. The normalized spacial score (nSPS) is 14.1. The number of aliphatic hydroxyl groups excluding tert-OH is 1. The first-order valence-electron chi connectivity index (χ1n) is 4.39. The summed E-state index contributed by atoms with van der Waals surface area (Å²) in [7, 11) is 0. The Kier molecular flexibility index (Phi) is 2.58. The molecule has 0 radical (unpaired) electrons. The summed E-state index contributed by atoms with van der Waals surface area (Å²) in [6, 6.07) is 10.3. The van der Waals surface area contributed by atoms with E-state index >= 15 is 0 Å². The maximum Gasteiger partial charge on any atom is 0.210 e. The highest BCUT2D eigenvalue weighted by molar-refractivity contribution is 5.14. The molecule has 1 N–H and O–H groups in total. The van der Waals surface area contributed by atoms with Gasteiger partial charge in [-0.3, -0.25) is 0 Å². The summed E-state index contributed by atoms with van der Waals surface area (Å²) >= 11 is 0. The smallest absolute Gasteiger partial charge is 0.210 e. The van der Waals surface area contributed by atoms with Crippen LogP contribution < -0.4 is 0 Å². The minimum absolute atomic E-state index is 0.0326. The highest BCUT2D eigenvalue weighted by Crippen LogP contribution is 2.03. The maximum atomic E-state index is 6.67. The lowest BCUT2D eigenvalue weighted by molar-refractivity contribution is 0.185. The fourth-order valence-electron chi connectivity index (χ4n) is 1.01. The van der Waals surface area contributed by atoms with Crippen molar-refractivity contribution in [3.8, 4) is 0 Å². The van der Waals surface area contributed by atoms with Crippen LogP contribution in [0.3, 0.4) is 0 Å². The van der Waals surface area contributed by atoms with Crippen LogP contribution >= 0.6 is 0 Å². The second-order valence-electron chi connectivity index (χ2n) is 2.83. The van der Waals surface area contributed by atoms with Gasteiger partial charge in [-0.1, -0.05) is 30.3 Å². The molecule has 0 unspecified atom stereocenters. The summed E-state index contributed by atoms with van der Waals surface area (Å²) in [5.41, 5.74) is 1.31. The number of rotatable bonds is 4. The molecule has 0 aliphatic heterocycles. The van der Waals surface area contributed by atoms with Crippen molar-refractivity contribution >= 4 is 0 Å². The van der Waals surface area contributed by atoms with Crippen LogP contribution in [0.25, 0.3) is 0 Å². The van der Waals surface area contributed by atoms with E-state index in [9.17, 15) is 0 Å². The Morgan fingerprint density at radius 2 is 2.18 bits per heavy atom. The van der Waals surface area contributed by atoms with E-state index in [2.05, 4.69) is 17.2 Å². The Morgan fingerprint density at radius 1 is 1.45 bits per heavy atom. The van der Waals surface area contributed by atoms with E-state index in [1.54, 1.807) is 0 Å². The number of benzene rings is 1. The second-order valence-corrected chi connectivity index (χ2v) is 2.83. The molecular formula is C10H14O. The van der Waals surface area contributed by atoms with Gasteiger partial charge in [0, 0.05) is 0 Å². The standard InChI is InChI=1S/C10H14O/c1-9(11)7-8-10-5-3-2-4-6-10/h2-6,9,11H,7-8H2,1H3/t9-/m1/s1/i11D. The lowest BCUT2D eigenvalue weighted by Crippen LogP contribution is -2.00. The van der Waals surface area contributed by atoms with E-state index in [4.69, 9.17) is 1.43 Å². The van der Waals surface area contributed by atoms with Crippen molar-refractivity contribution in [3.63, 3.8) is 0 Å². The Morgan fingerprint density at radius 3 is 2.82 bits per heavy atom. The molecule has 0 heterocycles. The quantitative estimate of drug-likeness (QED) is 0.697. The van der Waals surface area contributed by atoms with Gasteiger partial charge in [0.05, 0.1) is 6.10 Å². The molecule has 1 nitrogen and oxygen atoms in total. The van der Waals surface area contributed by atoms with Crippen LogP contribution in [-0.4, -0.2) is 12.6 Å². The molecule has 0 aliphatic carbocycles. The molecule has 0 saturated heterocycles. The Balaban J connectivity index is 2.33. The highest BCUT2D eigenvalue weighted by atomic mass is 16.3. The van der Waals surface area contributed by atoms with Crippen molar-refractivity contribution in [1.29, 1.82) is 1.43 Å². The highest BCUT2D eigenvalue weighted by Gasteiger charge is 1.95. The third-order valence-electron chi connectivity index (χ3n) is 1.68. The lowest BCUT2D eigenvalue weighted by atomic mass is 10.1. The zero-order valence-corrected chi connectivity index (χ0v) is 6.79. The van der Waals surface area contributed by atoms with Gasteiger partial charge < -0.3 is 5.11 Å². The van der Waals surface area contributed by atoms with Gasteiger partial charge >= 0.3 is 0 Å². The maximum absolute atomic E-state index is 6.67. The van der Waals surface area contributed by atoms with Crippen molar-refractivity contribution < 1.29 is 5.11 Å². The Labute approximate surface area is 69.2 Å². The van der Waals surface area contributed by atoms with Gasteiger partial charge in [-0.25, -0.2) is 0 Å². The molecule has 11 heavy (non-hydrogen) atoms. The van der Waals surface area contributed by atoms with Crippen molar-refractivity contribution in [3.05, 3.63) is 35.9 Å². The third kappa shape index (κ3) is 3.19. The molecule has 1 heteroatoms. The first kappa shape index (κ1) is 6.86. The number of aliphatic hydroxyl groups is 1. The molecular weight excluding hydrogens is 136 g/mol. The van der Waals surface area contributed by atoms with Crippen LogP contribution in [-0.2, 0) is 6.42 Å². The van der Waals surface area contributed by atoms with E-state index in [1.165, 1.54) is 5.56 Å². The monoisotopic (exact) mass is 151 g/mol. The van der Waals surface area contributed by atoms with Crippen LogP contribution in [0.2, 0.25) is 0 Å². The van der Waals surface area contributed by atoms with Crippen molar-refractivity contribution in [2.24, 2.45) is 0 Å². The molecule has 0 saturated carbocycles. The van der Waals surface area contributed by atoms with Gasteiger partial charge in [0.1, 0.15) is 0 Å². The summed E-state index contributed by atoms with van der Waals surface area (Å²) in [5.74, 6) is 0. The summed E-state index contributed by atoms with van der Waals surface area (Å²) in [6.07, 6.45) is 1.93. The fourth-order valence-corrected chi connectivity index (χ4v) is 1.01. The largest absolute Gasteiger partial charge is 0.393 e. The summed E-state index contributed by atoms with van der Waals surface area (Å²) < 4.78 is 6.67. The fraction of sp³-hybridized carbons (Fsp3) is 0.400. The summed E-state index contributed by atoms with van der Waals surface area (Å²) in [4.78, 5) is 0. The molecule has 0 fully saturated rings. The predicted octanol–water partition coefficient (Wildman–Crippen LogP) is 2.00. The summed E-state index contributed by atoms with van der Waals surface area (Å²) in [6.45, 7) is 1.91. The molecule has 0 bridgehead atoms. The van der Waals surface area contributed by atoms with Gasteiger partial charge in [-0.2, -0.15) is 0 Å². The average molecular weight is 151 g/mol. The molecule has 1 aromatic rings. The SMILES string of the molecule is [2H]O[C@H](C)CCc1ccccc1. The molecule has 0 aromatic heterocycles. The number of aryl methyl sites for hydroxylation is 1. The van der Waals surface area contributed by atoms with Crippen LogP contribution in [0, 0.1) is 0 Å².